The Morgan fingerprint density at radius 3 is 2.93 bits per heavy atom. The fourth-order valence-corrected chi connectivity index (χ4v) is 1.51. The number of H-pyrrole nitrogens is 1. The number of nitrogens with zero attached hydrogens (tertiary/aromatic N) is 3. The first-order valence-corrected chi connectivity index (χ1v) is 4.75. The number of hydrazine groups is 2. The van der Waals surface area contributed by atoms with Crippen LogP contribution in [0.4, 0.5) is 0 Å². The average molecular weight is 212 g/mol. The number of amidine groups is 1. The highest BCUT2D eigenvalue weighted by molar-refractivity contribution is 7.71. The Kier molecular flexibility index (Phi) is 2.26. The Morgan fingerprint density at radius 2 is 2.36 bits per heavy atom. The normalized spacial score (nSPS) is 15.6. The molecule has 1 aromatic rings. The van der Waals surface area contributed by atoms with Gasteiger partial charge in [0.15, 0.2) is 5.84 Å². The van der Waals surface area contributed by atoms with Crippen molar-refractivity contribution in [2.45, 2.75) is 6.92 Å². The molecule has 0 atom stereocenters. The van der Waals surface area contributed by atoms with Crippen molar-refractivity contribution in [1.82, 2.24) is 25.9 Å². The van der Waals surface area contributed by atoms with Gasteiger partial charge in [-0.25, -0.2) is 5.53 Å². The van der Waals surface area contributed by atoms with Gasteiger partial charge in [-0.15, -0.1) is 10.6 Å². The van der Waals surface area contributed by atoms with Crippen molar-refractivity contribution in [2.75, 3.05) is 6.54 Å². The summed E-state index contributed by atoms with van der Waals surface area (Å²) in [6.07, 6.45) is 1.85. The number of hydrazone groups is 1. The van der Waals surface area contributed by atoms with E-state index in [0.717, 1.165) is 22.6 Å². The van der Waals surface area contributed by atoms with Gasteiger partial charge in [-0.2, -0.15) is 0 Å². The lowest BCUT2D eigenvalue weighted by Crippen LogP contribution is -2.40. The zero-order valence-corrected chi connectivity index (χ0v) is 8.85. The molecule has 0 aliphatic carbocycles. The molecule has 14 heavy (non-hydrogen) atoms. The summed E-state index contributed by atoms with van der Waals surface area (Å²) in [5.41, 5.74) is 6.52. The number of rotatable bonds is 2. The van der Waals surface area contributed by atoms with Crippen LogP contribution < -0.4 is 11.1 Å². The number of hydrogen-bond donors (Lipinski definition) is 3. The minimum atomic E-state index is 0.743. The molecule has 0 bridgehead atoms. The third kappa shape index (κ3) is 1.30. The van der Waals surface area contributed by atoms with Crippen LogP contribution in [-0.2, 0) is 7.05 Å². The van der Waals surface area contributed by atoms with Gasteiger partial charge in [0, 0.05) is 19.8 Å². The van der Waals surface area contributed by atoms with Gasteiger partial charge in [-0.05, 0) is 6.92 Å². The van der Waals surface area contributed by atoms with E-state index in [1.165, 1.54) is 0 Å². The molecule has 0 spiro atoms. The first kappa shape index (κ1) is 9.22. The largest absolute Gasteiger partial charge is 0.304 e. The number of aromatic nitrogens is 2. The van der Waals surface area contributed by atoms with Crippen LogP contribution in [0.1, 0.15) is 12.5 Å². The first-order valence-electron chi connectivity index (χ1n) is 4.34. The third-order valence-corrected chi connectivity index (χ3v) is 2.59. The van der Waals surface area contributed by atoms with Crippen LogP contribution >= 0.6 is 12.2 Å². The van der Waals surface area contributed by atoms with Crippen LogP contribution in [0, 0.1) is 4.64 Å². The van der Waals surface area contributed by atoms with Gasteiger partial charge in [-0.1, -0.05) is 12.2 Å². The summed E-state index contributed by atoms with van der Waals surface area (Å²) in [5.74, 6) is 0.814. The van der Waals surface area contributed by atoms with Crippen molar-refractivity contribution in [2.24, 2.45) is 12.1 Å². The Bertz CT molecular complexity index is 416. The van der Waals surface area contributed by atoms with Crippen LogP contribution in [-0.4, -0.2) is 27.2 Å². The van der Waals surface area contributed by atoms with Crippen LogP contribution in [0.15, 0.2) is 11.3 Å². The van der Waals surface area contributed by atoms with Gasteiger partial charge in [0.2, 0.25) is 0 Å². The van der Waals surface area contributed by atoms with Gasteiger partial charge in [0.1, 0.15) is 4.64 Å². The molecule has 1 aromatic heterocycles. The summed E-state index contributed by atoms with van der Waals surface area (Å²) in [5, 5.41) is 9.01. The number of hydrogen-bond acceptors (Lipinski definition) is 5. The fourth-order valence-electron chi connectivity index (χ4n) is 1.31. The first-order chi connectivity index (χ1) is 6.74. The van der Waals surface area contributed by atoms with Crippen LogP contribution in [0.5, 0.6) is 0 Å². The van der Waals surface area contributed by atoms with Gasteiger partial charge in [0.25, 0.3) is 0 Å². The summed E-state index contributed by atoms with van der Waals surface area (Å²) in [6, 6.07) is 0. The molecule has 6 nitrogen and oxygen atoms in total. The van der Waals surface area contributed by atoms with Gasteiger partial charge in [0.05, 0.1) is 5.56 Å². The summed E-state index contributed by atoms with van der Waals surface area (Å²) >= 11 is 5.23. The van der Waals surface area contributed by atoms with E-state index in [0.29, 0.717) is 0 Å². The standard InChI is InChI=1S/C7H12N6S/c1-3-13-6(9-10-11-13)5-4-8-12(2)7(5)14/h4,8,10-11H,3H2,1-2H3. The van der Waals surface area contributed by atoms with Crippen molar-refractivity contribution < 1.29 is 0 Å². The highest BCUT2D eigenvalue weighted by atomic mass is 32.1. The van der Waals surface area contributed by atoms with Gasteiger partial charge < -0.3 is 5.10 Å². The Morgan fingerprint density at radius 1 is 1.57 bits per heavy atom. The average Bonchev–Trinajstić information content (AvgIpc) is 2.75. The second-order valence-electron chi connectivity index (χ2n) is 2.95. The lowest BCUT2D eigenvalue weighted by molar-refractivity contribution is 0.308. The Balaban J connectivity index is 2.40. The highest BCUT2D eigenvalue weighted by Gasteiger charge is 2.19. The summed E-state index contributed by atoms with van der Waals surface area (Å²) in [7, 11) is 1.87. The molecule has 2 heterocycles. The second-order valence-corrected chi connectivity index (χ2v) is 3.34. The van der Waals surface area contributed by atoms with Gasteiger partial charge >= 0.3 is 0 Å². The molecule has 2 rings (SSSR count). The smallest absolute Gasteiger partial charge is 0.177 e. The van der Waals surface area contributed by atoms with E-state index in [-0.39, 0.29) is 0 Å². The maximum Gasteiger partial charge on any atom is 0.177 e. The fraction of sp³-hybridized carbons (Fsp3) is 0.429. The van der Waals surface area contributed by atoms with E-state index in [1.807, 2.05) is 25.2 Å². The van der Waals surface area contributed by atoms with E-state index in [9.17, 15) is 0 Å². The van der Waals surface area contributed by atoms with Crippen molar-refractivity contribution in [3.8, 4) is 0 Å². The molecule has 0 saturated carbocycles. The Hall–Kier alpha value is -1.34. The van der Waals surface area contributed by atoms with Crippen molar-refractivity contribution >= 4 is 18.1 Å². The Labute approximate surface area is 86.5 Å². The zero-order valence-electron chi connectivity index (χ0n) is 8.03. The molecule has 0 unspecified atom stereocenters. The van der Waals surface area contributed by atoms with E-state index in [1.54, 1.807) is 4.68 Å². The monoisotopic (exact) mass is 212 g/mol. The summed E-state index contributed by atoms with van der Waals surface area (Å²) < 4.78 is 2.52. The van der Waals surface area contributed by atoms with E-state index < -0.39 is 0 Å². The molecule has 3 N–H and O–H groups in total. The minimum absolute atomic E-state index is 0.743. The number of nitrogens with one attached hydrogen (secondary N) is 3. The molecule has 1 aliphatic rings. The quantitative estimate of drug-likeness (QED) is 0.608. The minimum Gasteiger partial charge on any atom is -0.304 e. The third-order valence-electron chi connectivity index (χ3n) is 2.10. The summed E-state index contributed by atoms with van der Waals surface area (Å²) in [4.78, 5) is 0. The molecule has 0 radical (unpaired) electrons. The zero-order chi connectivity index (χ0) is 10.1. The van der Waals surface area contributed by atoms with Crippen molar-refractivity contribution in [3.05, 3.63) is 16.4 Å². The molecule has 0 amide bonds. The van der Waals surface area contributed by atoms with Crippen LogP contribution in [0.3, 0.4) is 0 Å². The van der Waals surface area contributed by atoms with E-state index in [2.05, 4.69) is 21.3 Å². The second kappa shape index (κ2) is 3.43. The van der Waals surface area contributed by atoms with Crippen LogP contribution in [0.2, 0.25) is 0 Å². The maximum atomic E-state index is 5.23. The molecule has 0 aromatic carbocycles. The van der Waals surface area contributed by atoms with E-state index in [4.69, 9.17) is 12.2 Å². The maximum absolute atomic E-state index is 5.23. The van der Waals surface area contributed by atoms with Crippen molar-refractivity contribution in [1.29, 1.82) is 0 Å². The van der Waals surface area contributed by atoms with Gasteiger partial charge in [-0.3, -0.25) is 9.69 Å². The molecule has 76 valence electrons. The van der Waals surface area contributed by atoms with E-state index >= 15 is 0 Å². The number of aromatic amines is 1. The molecule has 1 aliphatic heterocycles. The molecular weight excluding hydrogens is 200 g/mol. The molecular formula is C7H12N6S. The molecule has 0 saturated heterocycles. The molecule has 0 fully saturated rings. The SMILES string of the molecule is CCN1NNN=C1c1c[nH]n(C)c1=S. The van der Waals surface area contributed by atoms with Crippen molar-refractivity contribution in [3.63, 3.8) is 0 Å². The predicted octanol–water partition coefficient (Wildman–Crippen LogP) is 0.0890. The number of aryl methyl sites for hydroxylation is 1. The van der Waals surface area contributed by atoms with Crippen LogP contribution in [0.25, 0.3) is 0 Å². The lowest BCUT2D eigenvalue weighted by atomic mass is 10.3. The highest BCUT2D eigenvalue weighted by Crippen LogP contribution is 2.07. The lowest BCUT2D eigenvalue weighted by Gasteiger charge is -2.14. The molecule has 7 heteroatoms. The topological polar surface area (TPSA) is 60.4 Å². The summed E-state index contributed by atoms with van der Waals surface area (Å²) in [6.45, 7) is 2.85. The predicted molar refractivity (Wildman–Crippen MR) is 55.8 cm³/mol.